The molecule has 2 rings (SSSR count). The Bertz CT molecular complexity index is 858. The molecule has 0 bridgehead atoms. The van der Waals surface area contributed by atoms with Crippen molar-refractivity contribution in [1.82, 2.24) is 4.98 Å². The van der Waals surface area contributed by atoms with Gasteiger partial charge in [0.2, 0.25) is 0 Å². The summed E-state index contributed by atoms with van der Waals surface area (Å²) >= 11 is 0. The first-order chi connectivity index (χ1) is 12.8. The fourth-order valence-corrected chi connectivity index (χ4v) is 1.71. The van der Waals surface area contributed by atoms with Gasteiger partial charge in [0.15, 0.2) is 0 Å². The highest BCUT2D eigenvalue weighted by molar-refractivity contribution is 6.42. The molecule has 1 amide bonds. The van der Waals surface area contributed by atoms with Crippen molar-refractivity contribution in [1.29, 1.82) is 0 Å². The van der Waals surface area contributed by atoms with Gasteiger partial charge >= 0.3 is 0 Å². The van der Waals surface area contributed by atoms with E-state index in [0.717, 1.165) is 5.56 Å². The van der Waals surface area contributed by atoms with Crippen LogP contribution >= 0.6 is 0 Å². The molecule has 1 aliphatic heterocycles. The maximum absolute atomic E-state index is 11.4. The van der Waals surface area contributed by atoms with Crippen LogP contribution in [-0.2, 0) is 4.79 Å². The number of carbonyl (C=O) groups is 1. The zero-order valence-electron chi connectivity index (χ0n) is 13.8. The summed E-state index contributed by atoms with van der Waals surface area (Å²) in [5.41, 5.74) is 6.09. The van der Waals surface area contributed by atoms with Crippen LogP contribution in [0.2, 0.25) is 0 Å². The molecule has 0 saturated carbocycles. The predicted octanol–water partition coefficient (Wildman–Crippen LogP) is 2.61. The topological polar surface area (TPSA) is 102 Å². The lowest BCUT2D eigenvalue weighted by Crippen LogP contribution is -2.21. The lowest BCUT2D eigenvalue weighted by molar-refractivity contribution is -0.111. The van der Waals surface area contributed by atoms with E-state index in [1.807, 2.05) is 30.4 Å². The summed E-state index contributed by atoms with van der Waals surface area (Å²) in [6.45, 7) is 0. The Labute approximate surface area is 151 Å². The van der Waals surface area contributed by atoms with Crippen molar-refractivity contribution in [2.45, 2.75) is 0 Å². The van der Waals surface area contributed by atoms with Crippen molar-refractivity contribution in [2.75, 3.05) is 0 Å². The Balaban J connectivity index is 2.31. The molecule has 0 atom stereocenters. The minimum absolute atomic E-state index is 0.0230. The molecule has 2 N–H and O–H groups in total. The first kappa shape index (κ1) is 18.5. The molecule has 2 heterocycles. The Hall–Kier alpha value is -3.87. The third kappa shape index (κ3) is 6.71. The number of hydrogen-bond donors (Lipinski definition) is 1. The maximum atomic E-state index is 11.4. The molecule has 130 valence electrons. The van der Waals surface area contributed by atoms with Crippen LogP contribution < -0.4 is 10.5 Å². The summed E-state index contributed by atoms with van der Waals surface area (Å²) in [5.74, 6) is -0.113. The lowest BCUT2D eigenvalue weighted by atomic mass is 10.2. The highest BCUT2D eigenvalue weighted by atomic mass is 16.5. The third-order valence-corrected chi connectivity index (χ3v) is 2.88. The van der Waals surface area contributed by atoms with Gasteiger partial charge in [-0.3, -0.25) is 9.78 Å². The second kappa shape index (κ2) is 10.8. The van der Waals surface area contributed by atoms with Gasteiger partial charge in [0.05, 0.1) is 6.26 Å². The van der Waals surface area contributed by atoms with E-state index in [-0.39, 0.29) is 5.71 Å². The molecular formula is C19H17N5O2. The zero-order chi connectivity index (χ0) is 18.5. The number of aromatic nitrogens is 1. The molecule has 0 saturated heterocycles. The molecule has 1 aliphatic rings. The smallest absolute Gasteiger partial charge is 0.267 e. The number of ether oxygens (including phenoxy) is 1. The molecule has 0 unspecified atom stereocenters. The van der Waals surface area contributed by atoms with E-state index in [2.05, 4.69) is 20.0 Å². The Morgan fingerprint density at radius 1 is 1.00 bits per heavy atom. The number of nitrogens with zero attached hydrogens (tertiary/aromatic N) is 4. The van der Waals surface area contributed by atoms with Crippen LogP contribution in [0.3, 0.4) is 0 Å². The van der Waals surface area contributed by atoms with Crippen LogP contribution in [0.1, 0.15) is 5.56 Å². The van der Waals surface area contributed by atoms with E-state index < -0.39 is 5.91 Å². The molecule has 7 heteroatoms. The second-order valence-electron chi connectivity index (χ2n) is 4.70. The van der Waals surface area contributed by atoms with Gasteiger partial charge in [-0.1, -0.05) is 24.3 Å². The number of rotatable bonds is 1. The van der Waals surface area contributed by atoms with Crippen LogP contribution in [0.4, 0.5) is 0 Å². The molecule has 0 spiro atoms. The number of hydrogen-bond acceptors (Lipinski definition) is 6. The largest absolute Gasteiger partial charge is 0.464 e. The minimum atomic E-state index is -0.687. The minimum Gasteiger partial charge on any atom is -0.464 e. The quantitative estimate of drug-likeness (QED) is 0.844. The van der Waals surface area contributed by atoms with Gasteiger partial charge in [-0.05, 0) is 18.2 Å². The number of amides is 1. The molecule has 1 aromatic rings. The number of allylic oxidation sites excluding steroid dienone is 5. The van der Waals surface area contributed by atoms with E-state index in [1.165, 1.54) is 31.1 Å². The average Bonchev–Trinajstić information content (AvgIpc) is 2.64. The van der Waals surface area contributed by atoms with Crippen LogP contribution in [0.15, 0.2) is 88.6 Å². The van der Waals surface area contributed by atoms with Gasteiger partial charge < -0.3 is 10.5 Å². The Morgan fingerprint density at radius 3 is 2.73 bits per heavy atom. The van der Waals surface area contributed by atoms with Crippen LogP contribution in [-0.4, -0.2) is 29.2 Å². The number of fused-ring (bicyclic) bond motifs is 1. The number of pyridine rings is 1. The van der Waals surface area contributed by atoms with E-state index in [9.17, 15) is 4.79 Å². The van der Waals surface area contributed by atoms with Crippen molar-refractivity contribution in [3.05, 3.63) is 79.1 Å². The highest BCUT2D eigenvalue weighted by Gasteiger charge is 2.02. The van der Waals surface area contributed by atoms with Crippen molar-refractivity contribution in [3.63, 3.8) is 0 Å². The fraction of sp³-hybridized carbons (Fsp3) is 0. The molecule has 1 aromatic heterocycles. The highest BCUT2D eigenvalue weighted by Crippen LogP contribution is 2.18. The normalized spacial score (nSPS) is 22.8. The number of nitrogens with two attached hydrogens (primary N) is 1. The monoisotopic (exact) mass is 347 g/mol. The van der Waals surface area contributed by atoms with E-state index in [1.54, 1.807) is 30.8 Å². The standard InChI is InChI=1S/C19H17N5O2/c20-19(25)17-8-13-26-18-7-10-21-14-16(18)6-4-2-1-3-5-9-22-15-23-11-12-24-17/h1-15H,(H2,20,25)/b2-1-,5-3-,6-4-,12-11-,13-8-,22-9?,23-15?,24-17+. The van der Waals surface area contributed by atoms with Gasteiger partial charge in [0.25, 0.3) is 5.91 Å². The number of aliphatic imine (C=N–C) groups is 3. The van der Waals surface area contributed by atoms with Gasteiger partial charge in [-0.15, -0.1) is 0 Å². The van der Waals surface area contributed by atoms with Gasteiger partial charge in [-0.2, -0.15) is 0 Å². The molecule has 0 fully saturated rings. The van der Waals surface area contributed by atoms with E-state index >= 15 is 0 Å². The first-order valence-electron chi connectivity index (χ1n) is 7.62. The van der Waals surface area contributed by atoms with Crippen LogP contribution in [0.5, 0.6) is 5.75 Å². The Morgan fingerprint density at radius 2 is 1.85 bits per heavy atom. The van der Waals surface area contributed by atoms with Gasteiger partial charge in [0, 0.05) is 42.6 Å². The van der Waals surface area contributed by atoms with Crippen LogP contribution in [0, 0.1) is 0 Å². The lowest BCUT2D eigenvalue weighted by Gasteiger charge is -2.03. The SMILES string of the molecule is NC(=O)C1=N/C=C\N=CN=C\C=C/C=C\C=C/c2cnccc2O/C=C\1. The molecule has 7 nitrogen and oxygen atoms in total. The fourth-order valence-electron chi connectivity index (χ4n) is 1.71. The van der Waals surface area contributed by atoms with E-state index in [0.29, 0.717) is 5.75 Å². The van der Waals surface area contributed by atoms with Crippen molar-refractivity contribution < 1.29 is 9.53 Å². The molecule has 26 heavy (non-hydrogen) atoms. The van der Waals surface area contributed by atoms with Crippen molar-refractivity contribution in [3.8, 4) is 5.75 Å². The molecule has 0 aliphatic carbocycles. The number of carbonyl (C=O) groups excluding carboxylic acids is 1. The summed E-state index contributed by atoms with van der Waals surface area (Å²) in [6.07, 6.45) is 22.7. The van der Waals surface area contributed by atoms with E-state index in [4.69, 9.17) is 10.5 Å². The molecule has 0 radical (unpaired) electrons. The average molecular weight is 347 g/mol. The maximum Gasteiger partial charge on any atom is 0.267 e. The second-order valence-corrected chi connectivity index (χ2v) is 4.70. The third-order valence-electron chi connectivity index (χ3n) is 2.88. The van der Waals surface area contributed by atoms with Crippen LogP contribution in [0.25, 0.3) is 6.08 Å². The molecular weight excluding hydrogens is 330 g/mol. The molecule has 0 aromatic carbocycles. The summed E-state index contributed by atoms with van der Waals surface area (Å²) < 4.78 is 5.56. The van der Waals surface area contributed by atoms with Crippen molar-refractivity contribution >= 4 is 30.2 Å². The van der Waals surface area contributed by atoms with Gasteiger partial charge in [0.1, 0.15) is 17.8 Å². The summed E-state index contributed by atoms with van der Waals surface area (Å²) in [6, 6.07) is 1.71. The predicted molar refractivity (Wildman–Crippen MR) is 104 cm³/mol. The zero-order valence-corrected chi connectivity index (χ0v) is 13.8. The summed E-state index contributed by atoms with van der Waals surface area (Å²) in [4.78, 5) is 27.3. The van der Waals surface area contributed by atoms with Crippen molar-refractivity contribution in [2.24, 2.45) is 20.7 Å². The van der Waals surface area contributed by atoms with Gasteiger partial charge in [-0.25, -0.2) is 15.0 Å². The summed E-state index contributed by atoms with van der Waals surface area (Å²) in [5, 5.41) is 0. The Kier molecular flexibility index (Phi) is 7.69. The first-order valence-corrected chi connectivity index (χ1v) is 7.62. The number of primary amides is 1. The summed E-state index contributed by atoms with van der Waals surface area (Å²) in [7, 11) is 0.